The highest BCUT2D eigenvalue weighted by Gasteiger charge is 2.20. The van der Waals surface area contributed by atoms with E-state index in [0.717, 1.165) is 27.7 Å². The molecule has 0 fully saturated rings. The zero-order chi connectivity index (χ0) is 20.0. The summed E-state index contributed by atoms with van der Waals surface area (Å²) in [6.07, 6.45) is 1.76. The van der Waals surface area contributed by atoms with E-state index in [-0.39, 0.29) is 6.29 Å². The second-order valence-corrected chi connectivity index (χ2v) is 9.19. The number of rotatable bonds is 9. The third-order valence-electron chi connectivity index (χ3n) is 4.78. The summed E-state index contributed by atoms with van der Waals surface area (Å²) in [5.41, 5.74) is 2.34. The summed E-state index contributed by atoms with van der Waals surface area (Å²) >= 11 is 4.53. The Hall–Kier alpha value is -0.540. The van der Waals surface area contributed by atoms with Crippen LogP contribution in [0.5, 0.6) is 11.5 Å². The van der Waals surface area contributed by atoms with Crippen molar-refractivity contribution in [1.82, 2.24) is 0 Å². The summed E-state index contributed by atoms with van der Waals surface area (Å²) in [6, 6.07) is 12.4. The number of hydrogen-bond donors (Lipinski definition) is 1. The van der Waals surface area contributed by atoms with Crippen LogP contribution in [0, 0.1) is 7.14 Å². The monoisotopic (exact) mass is 594 g/mol. The van der Waals surface area contributed by atoms with Gasteiger partial charge in [-0.2, -0.15) is 0 Å². The molecule has 0 spiro atoms. The molecule has 1 N–H and O–H groups in total. The van der Waals surface area contributed by atoms with Crippen molar-refractivity contribution in [2.45, 2.75) is 58.7 Å². The first-order valence-electron chi connectivity index (χ1n) is 9.41. The molecule has 0 radical (unpaired) electrons. The molecule has 2 aromatic carbocycles. The second-order valence-electron chi connectivity index (χ2n) is 6.78. The largest absolute Gasteiger partial charge is 0.507 e. The van der Waals surface area contributed by atoms with Gasteiger partial charge >= 0.3 is 0 Å². The highest BCUT2D eigenvalue weighted by Crippen LogP contribution is 2.39. The van der Waals surface area contributed by atoms with Crippen molar-refractivity contribution in [3.63, 3.8) is 0 Å². The molecule has 0 saturated carbocycles. The lowest BCUT2D eigenvalue weighted by molar-refractivity contribution is -0.0613. The normalized spacial score (nSPS) is 14.6. The summed E-state index contributed by atoms with van der Waals surface area (Å²) < 4.78 is 13.3. The molecule has 148 valence electrons. The van der Waals surface area contributed by atoms with Crippen LogP contribution in [0.25, 0.3) is 0 Å². The number of aromatic hydroxyl groups is 1. The number of hydrogen-bond acceptors (Lipinski definition) is 3. The number of ether oxygens (including phenoxy) is 2. The van der Waals surface area contributed by atoms with Gasteiger partial charge in [0, 0.05) is 10.2 Å². The quantitative estimate of drug-likeness (QED) is 0.250. The fraction of sp³-hybridized carbons (Fsp3) is 0.455. The molecule has 2 aromatic rings. The van der Waals surface area contributed by atoms with Crippen molar-refractivity contribution >= 4 is 45.2 Å². The highest BCUT2D eigenvalue weighted by atomic mass is 127. The van der Waals surface area contributed by atoms with E-state index in [2.05, 4.69) is 77.2 Å². The molecule has 3 atom stereocenters. The lowest BCUT2D eigenvalue weighted by Gasteiger charge is -2.22. The molecule has 2 rings (SSSR count). The zero-order valence-corrected chi connectivity index (χ0v) is 20.7. The van der Waals surface area contributed by atoms with Crippen molar-refractivity contribution < 1.29 is 14.6 Å². The van der Waals surface area contributed by atoms with Gasteiger partial charge in [0.1, 0.15) is 11.5 Å². The van der Waals surface area contributed by atoms with Crippen molar-refractivity contribution in [3.05, 3.63) is 54.7 Å². The van der Waals surface area contributed by atoms with Gasteiger partial charge in [0.25, 0.3) is 0 Å². The van der Waals surface area contributed by atoms with Crippen LogP contribution in [0.15, 0.2) is 36.4 Å². The van der Waals surface area contributed by atoms with E-state index in [4.69, 9.17) is 9.47 Å². The molecule has 0 aliphatic carbocycles. The van der Waals surface area contributed by atoms with Crippen molar-refractivity contribution in [2.75, 3.05) is 6.61 Å². The molecule has 0 heterocycles. The number of phenols is 1. The van der Waals surface area contributed by atoms with Crippen LogP contribution >= 0.6 is 45.2 Å². The van der Waals surface area contributed by atoms with Gasteiger partial charge in [-0.3, -0.25) is 0 Å². The molecule has 0 bridgehead atoms. The summed E-state index contributed by atoms with van der Waals surface area (Å²) in [5.74, 6) is 1.98. The van der Waals surface area contributed by atoms with Gasteiger partial charge in [-0.15, -0.1) is 0 Å². The minimum atomic E-state index is -0.242. The molecular weight excluding hydrogens is 566 g/mol. The second kappa shape index (κ2) is 10.9. The SMILES string of the molecule is CCOC(C)Oc1ccc(C(C)CC(CC)c2cc(I)cc(I)c2O)cc1. The van der Waals surface area contributed by atoms with Crippen LogP contribution in [0.1, 0.15) is 63.5 Å². The van der Waals surface area contributed by atoms with Crippen LogP contribution in [0.2, 0.25) is 0 Å². The van der Waals surface area contributed by atoms with Crippen molar-refractivity contribution in [1.29, 1.82) is 0 Å². The minimum Gasteiger partial charge on any atom is -0.507 e. The molecule has 3 nitrogen and oxygen atoms in total. The van der Waals surface area contributed by atoms with Gasteiger partial charge in [-0.25, -0.2) is 0 Å². The van der Waals surface area contributed by atoms with E-state index in [1.165, 1.54) is 9.13 Å². The zero-order valence-electron chi connectivity index (χ0n) is 16.3. The van der Waals surface area contributed by atoms with E-state index in [1.54, 1.807) is 0 Å². The fourth-order valence-corrected chi connectivity index (χ4v) is 5.20. The van der Waals surface area contributed by atoms with Gasteiger partial charge in [0.2, 0.25) is 0 Å². The number of halogens is 2. The molecule has 0 aliphatic heterocycles. The molecule has 27 heavy (non-hydrogen) atoms. The number of benzene rings is 2. The first kappa shape index (κ1) is 22.7. The Labute approximate surface area is 190 Å². The molecule has 0 saturated heterocycles. The van der Waals surface area contributed by atoms with E-state index < -0.39 is 0 Å². The highest BCUT2D eigenvalue weighted by molar-refractivity contribution is 14.1. The van der Waals surface area contributed by atoms with E-state index in [0.29, 0.717) is 24.2 Å². The van der Waals surface area contributed by atoms with Gasteiger partial charge in [0.15, 0.2) is 6.29 Å². The third kappa shape index (κ3) is 6.49. The van der Waals surface area contributed by atoms with Crippen LogP contribution in [-0.2, 0) is 4.74 Å². The van der Waals surface area contributed by atoms with E-state index >= 15 is 0 Å². The van der Waals surface area contributed by atoms with Crippen molar-refractivity contribution in [2.24, 2.45) is 0 Å². The Balaban J connectivity index is 2.10. The average molecular weight is 594 g/mol. The lowest BCUT2D eigenvalue weighted by atomic mass is 9.84. The van der Waals surface area contributed by atoms with E-state index in [9.17, 15) is 5.11 Å². The summed E-state index contributed by atoms with van der Waals surface area (Å²) in [4.78, 5) is 0. The summed E-state index contributed by atoms with van der Waals surface area (Å²) in [5, 5.41) is 10.5. The standard InChI is InChI=1S/C22H28I2O3/c1-5-16(20-12-18(23)13-21(24)22(20)25)11-14(3)17-7-9-19(10-8-17)27-15(4)26-6-2/h7-10,12-16,25H,5-6,11H2,1-4H3. The summed E-state index contributed by atoms with van der Waals surface area (Å²) in [6.45, 7) is 8.94. The Kier molecular flexibility index (Phi) is 9.14. The van der Waals surface area contributed by atoms with Crippen molar-refractivity contribution in [3.8, 4) is 11.5 Å². The summed E-state index contributed by atoms with van der Waals surface area (Å²) in [7, 11) is 0. The first-order valence-corrected chi connectivity index (χ1v) is 11.6. The molecule has 0 aromatic heterocycles. The molecule has 0 aliphatic rings. The van der Waals surface area contributed by atoms with Crippen LogP contribution in [0.4, 0.5) is 0 Å². The third-order valence-corrected chi connectivity index (χ3v) is 6.23. The lowest BCUT2D eigenvalue weighted by Crippen LogP contribution is -2.15. The molecule has 3 unspecified atom stereocenters. The first-order chi connectivity index (χ1) is 12.8. The Morgan fingerprint density at radius 3 is 2.30 bits per heavy atom. The van der Waals surface area contributed by atoms with Gasteiger partial charge in [-0.05, 0) is 119 Å². The van der Waals surface area contributed by atoms with Crippen LogP contribution in [-0.4, -0.2) is 18.0 Å². The van der Waals surface area contributed by atoms with E-state index in [1.807, 2.05) is 32.0 Å². The molecular formula is C22H28I2O3. The van der Waals surface area contributed by atoms with Crippen LogP contribution in [0.3, 0.4) is 0 Å². The molecule has 0 amide bonds. The topological polar surface area (TPSA) is 38.7 Å². The minimum absolute atomic E-state index is 0.242. The average Bonchev–Trinajstić information content (AvgIpc) is 2.63. The fourth-order valence-electron chi connectivity index (χ4n) is 3.31. The van der Waals surface area contributed by atoms with Crippen LogP contribution < -0.4 is 4.74 Å². The number of phenolic OH excluding ortho intramolecular Hbond substituents is 1. The predicted molar refractivity (Wildman–Crippen MR) is 128 cm³/mol. The maximum atomic E-state index is 10.5. The van der Waals surface area contributed by atoms with Gasteiger partial charge in [-0.1, -0.05) is 26.0 Å². The maximum Gasteiger partial charge on any atom is 0.196 e. The molecule has 5 heteroatoms. The van der Waals surface area contributed by atoms with Gasteiger partial charge < -0.3 is 14.6 Å². The Morgan fingerprint density at radius 2 is 1.70 bits per heavy atom. The maximum absolute atomic E-state index is 10.5. The predicted octanol–water partition coefficient (Wildman–Crippen LogP) is 7.05. The van der Waals surface area contributed by atoms with Gasteiger partial charge in [0.05, 0.1) is 3.57 Å². The Morgan fingerprint density at radius 1 is 1.04 bits per heavy atom. The Bertz CT molecular complexity index is 731. The smallest absolute Gasteiger partial charge is 0.196 e.